The van der Waals surface area contributed by atoms with Crippen LogP contribution in [0.25, 0.3) is 11.3 Å². The van der Waals surface area contributed by atoms with E-state index in [0.717, 1.165) is 17.3 Å². The van der Waals surface area contributed by atoms with Crippen LogP contribution in [-0.2, 0) is 14.3 Å². The minimum Gasteiger partial charge on any atom is -0.493 e. The molecule has 33 heavy (non-hydrogen) atoms. The Morgan fingerprint density at radius 3 is 2.55 bits per heavy atom. The van der Waals surface area contributed by atoms with Crippen molar-refractivity contribution in [2.45, 2.75) is 4.90 Å². The smallest absolute Gasteiger partial charge is 0.316 e. The Balaban J connectivity index is 1.50. The van der Waals surface area contributed by atoms with Crippen molar-refractivity contribution >= 4 is 74.9 Å². The summed E-state index contributed by atoms with van der Waals surface area (Å²) in [5.41, 5.74) is 1.46. The minimum absolute atomic E-state index is 0.0499. The highest BCUT2D eigenvalue weighted by molar-refractivity contribution is 8.00. The zero-order chi connectivity index (χ0) is 24.0. The molecule has 1 heterocycles. The predicted molar refractivity (Wildman–Crippen MR) is 132 cm³/mol. The average molecular weight is 548 g/mol. The van der Waals surface area contributed by atoms with E-state index < -0.39 is 18.5 Å². The molecule has 0 aliphatic carbocycles. The van der Waals surface area contributed by atoms with Gasteiger partial charge in [0.25, 0.3) is 5.91 Å². The second kappa shape index (κ2) is 11.8. The van der Waals surface area contributed by atoms with Crippen LogP contribution in [0, 0.1) is 0 Å². The van der Waals surface area contributed by atoms with Crippen LogP contribution >= 0.6 is 57.9 Å². The summed E-state index contributed by atoms with van der Waals surface area (Å²) in [5, 5.41) is 5.57. The Morgan fingerprint density at radius 2 is 1.82 bits per heavy atom. The van der Waals surface area contributed by atoms with Crippen LogP contribution in [0.2, 0.25) is 15.1 Å². The van der Waals surface area contributed by atoms with E-state index in [1.165, 1.54) is 11.3 Å². The van der Waals surface area contributed by atoms with Crippen molar-refractivity contribution in [2.24, 2.45) is 0 Å². The molecule has 3 aromatic rings. The SMILES string of the molecule is COc1ccc(-c2csc(NC(=O)COC(=O)CSc3ccc(Cl)c(Cl)c3Cl)n2)cc1OC. The number of amides is 1. The van der Waals surface area contributed by atoms with Crippen LogP contribution < -0.4 is 14.8 Å². The molecule has 0 spiro atoms. The van der Waals surface area contributed by atoms with Crippen molar-refractivity contribution in [3.05, 3.63) is 50.8 Å². The highest BCUT2D eigenvalue weighted by Crippen LogP contribution is 2.37. The van der Waals surface area contributed by atoms with E-state index in [0.29, 0.717) is 32.2 Å². The molecule has 12 heteroatoms. The molecule has 0 aliphatic heterocycles. The molecule has 174 valence electrons. The average Bonchev–Trinajstić information content (AvgIpc) is 3.28. The van der Waals surface area contributed by atoms with E-state index in [1.807, 2.05) is 6.07 Å². The number of rotatable bonds is 9. The second-order valence-electron chi connectivity index (χ2n) is 6.28. The third-order valence-corrected chi connectivity index (χ3v) is 7.33. The Morgan fingerprint density at radius 1 is 1.06 bits per heavy atom. The number of esters is 1. The van der Waals surface area contributed by atoms with Gasteiger partial charge in [-0.25, -0.2) is 4.98 Å². The summed E-state index contributed by atoms with van der Waals surface area (Å²) in [6.45, 7) is -0.445. The van der Waals surface area contributed by atoms with Crippen LogP contribution in [0.3, 0.4) is 0 Å². The van der Waals surface area contributed by atoms with Gasteiger partial charge in [0, 0.05) is 15.8 Å². The molecular formula is C21H17Cl3N2O5S2. The van der Waals surface area contributed by atoms with E-state index in [2.05, 4.69) is 10.3 Å². The third kappa shape index (κ3) is 6.68. The van der Waals surface area contributed by atoms with Gasteiger partial charge in [-0.1, -0.05) is 34.8 Å². The summed E-state index contributed by atoms with van der Waals surface area (Å²) in [4.78, 5) is 29.1. The van der Waals surface area contributed by atoms with Crippen LogP contribution in [0.5, 0.6) is 11.5 Å². The molecular weight excluding hydrogens is 531 g/mol. The van der Waals surface area contributed by atoms with Gasteiger partial charge in [-0.05, 0) is 30.3 Å². The number of carbonyl (C=O) groups is 2. The molecule has 0 bridgehead atoms. The molecule has 3 rings (SSSR count). The van der Waals surface area contributed by atoms with Gasteiger partial charge in [0.2, 0.25) is 0 Å². The summed E-state index contributed by atoms with van der Waals surface area (Å²) >= 11 is 20.3. The molecule has 0 saturated heterocycles. The van der Waals surface area contributed by atoms with Gasteiger partial charge < -0.3 is 14.2 Å². The molecule has 1 aromatic heterocycles. The van der Waals surface area contributed by atoms with E-state index in [1.54, 1.807) is 43.9 Å². The molecule has 7 nitrogen and oxygen atoms in total. The number of hydrogen-bond acceptors (Lipinski definition) is 8. The number of ether oxygens (including phenoxy) is 3. The Bertz CT molecular complexity index is 1170. The Kier molecular flexibility index (Phi) is 9.10. The molecule has 0 unspecified atom stereocenters. The number of nitrogens with one attached hydrogen (secondary N) is 1. The predicted octanol–water partition coefficient (Wildman–Crippen LogP) is 6.06. The van der Waals surface area contributed by atoms with Gasteiger partial charge >= 0.3 is 5.97 Å². The molecule has 0 fully saturated rings. The van der Waals surface area contributed by atoms with E-state index in [-0.39, 0.29) is 15.8 Å². The lowest BCUT2D eigenvalue weighted by molar-refractivity contribution is -0.144. The fourth-order valence-electron chi connectivity index (χ4n) is 2.56. The minimum atomic E-state index is -0.581. The molecule has 0 saturated carbocycles. The molecule has 2 aromatic carbocycles. The topological polar surface area (TPSA) is 86.8 Å². The highest BCUT2D eigenvalue weighted by atomic mass is 35.5. The van der Waals surface area contributed by atoms with Gasteiger partial charge in [-0.2, -0.15) is 0 Å². The van der Waals surface area contributed by atoms with Crippen LogP contribution in [-0.4, -0.2) is 43.4 Å². The van der Waals surface area contributed by atoms with E-state index in [9.17, 15) is 9.59 Å². The first-order chi connectivity index (χ1) is 15.8. The van der Waals surface area contributed by atoms with Crippen molar-refractivity contribution in [3.63, 3.8) is 0 Å². The first-order valence-corrected chi connectivity index (χ1v) is 12.2. The largest absolute Gasteiger partial charge is 0.493 e. The summed E-state index contributed by atoms with van der Waals surface area (Å²) in [5.74, 6) is 0.0367. The number of thioether (sulfide) groups is 1. The zero-order valence-electron chi connectivity index (χ0n) is 17.3. The lowest BCUT2D eigenvalue weighted by Crippen LogP contribution is -2.21. The third-order valence-electron chi connectivity index (χ3n) is 4.14. The fourth-order valence-corrected chi connectivity index (χ4v) is 4.80. The quantitative estimate of drug-likeness (QED) is 0.198. The van der Waals surface area contributed by atoms with Crippen molar-refractivity contribution < 1.29 is 23.8 Å². The van der Waals surface area contributed by atoms with Gasteiger partial charge in [-0.15, -0.1) is 23.1 Å². The molecule has 1 amide bonds. The van der Waals surface area contributed by atoms with E-state index >= 15 is 0 Å². The number of methoxy groups -OCH3 is 2. The number of thiazole rings is 1. The second-order valence-corrected chi connectivity index (χ2v) is 9.32. The fraction of sp³-hybridized carbons (Fsp3) is 0.190. The van der Waals surface area contributed by atoms with Crippen molar-refractivity contribution in [3.8, 4) is 22.8 Å². The molecule has 0 atom stereocenters. The van der Waals surface area contributed by atoms with Crippen molar-refractivity contribution in [2.75, 3.05) is 31.9 Å². The Labute approximate surface area is 213 Å². The zero-order valence-corrected chi connectivity index (χ0v) is 21.2. The number of anilines is 1. The Hall–Kier alpha value is -2.17. The monoisotopic (exact) mass is 546 g/mol. The van der Waals surface area contributed by atoms with Gasteiger partial charge in [0.1, 0.15) is 0 Å². The number of carbonyl (C=O) groups excluding carboxylic acids is 2. The van der Waals surface area contributed by atoms with Crippen molar-refractivity contribution in [1.29, 1.82) is 0 Å². The lowest BCUT2D eigenvalue weighted by Gasteiger charge is -2.08. The number of hydrogen-bond donors (Lipinski definition) is 1. The molecule has 1 N–H and O–H groups in total. The highest BCUT2D eigenvalue weighted by Gasteiger charge is 2.14. The number of nitrogens with zero attached hydrogens (tertiary/aromatic N) is 1. The molecule has 0 aliphatic rings. The van der Waals surface area contributed by atoms with Gasteiger partial charge in [-0.3, -0.25) is 14.9 Å². The maximum atomic E-state index is 12.1. The maximum absolute atomic E-state index is 12.1. The van der Waals surface area contributed by atoms with Crippen LogP contribution in [0.4, 0.5) is 5.13 Å². The van der Waals surface area contributed by atoms with Crippen LogP contribution in [0.1, 0.15) is 0 Å². The van der Waals surface area contributed by atoms with E-state index in [4.69, 9.17) is 49.0 Å². The maximum Gasteiger partial charge on any atom is 0.316 e. The number of halogens is 3. The summed E-state index contributed by atoms with van der Waals surface area (Å²) in [6.07, 6.45) is 0. The first kappa shape index (κ1) is 25.5. The first-order valence-electron chi connectivity index (χ1n) is 9.22. The van der Waals surface area contributed by atoms with Crippen molar-refractivity contribution in [1.82, 2.24) is 4.98 Å². The summed E-state index contributed by atoms with van der Waals surface area (Å²) in [6, 6.07) is 8.63. The molecule has 0 radical (unpaired) electrons. The number of aromatic nitrogens is 1. The van der Waals surface area contributed by atoms with Gasteiger partial charge in [0.05, 0.1) is 40.7 Å². The summed E-state index contributed by atoms with van der Waals surface area (Å²) in [7, 11) is 3.11. The standard InChI is InChI=1S/C21H17Cl3N2O5S2/c1-29-14-5-3-11(7-15(14)30-2)13-9-33-21(25-13)26-17(27)8-31-18(28)10-32-16-6-4-12(22)19(23)20(16)24/h3-7,9H,8,10H2,1-2H3,(H,25,26,27). The normalized spacial score (nSPS) is 10.6. The summed E-state index contributed by atoms with van der Waals surface area (Å²) < 4.78 is 15.5. The van der Waals surface area contributed by atoms with Gasteiger partial charge in [0.15, 0.2) is 23.2 Å². The number of benzene rings is 2. The lowest BCUT2D eigenvalue weighted by atomic mass is 10.1. The van der Waals surface area contributed by atoms with Crippen LogP contribution in [0.15, 0.2) is 40.6 Å².